The van der Waals surface area contributed by atoms with E-state index in [1.807, 2.05) is 0 Å². The zero-order chi connectivity index (χ0) is 13.2. The molecule has 1 aliphatic heterocycles. The molecule has 0 spiro atoms. The number of rotatable bonds is 1. The molecule has 3 nitrogen and oxygen atoms in total. The number of fused-ring (bicyclic) bond motifs is 1. The normalized spacial score (nSPS) is 42.5. The minimum absolute atomic E-state index is 0.411. The summed E-state index contributed by atoms with van der Waals surface area (Å²) in [4.78, 5) is 0. The first-order valence-electron chi connectivity index (χ1n) is 8.59. The number of aromatic nitrogens is 2. The summed E-state index contributed by atoms with van der Waals surface area (Å²) in [6.45, 7) is 2.23. The van der Waals surface area contributed by atoms with Crippen molar-refractivity contribution in [2.24, 2.45) is 17.8 Å². The molecule has 1 N–H and O–H groups in total. The summed E-state index contributed by atoms with van der Waals surface area (Å²) in [6, 6.07) is 0. The standard InChI is InChI=1S/C17H25N3/c1-3-18-4-2-16-15(1)11-20(19-16)17-8-12-5-13(9-17)7-14(6-12)10-17/h11-14,18H,1-10H2. The molecule has 2 heterocycles. The van der Waals surface area contributed by atoms with E-state index >= 15 is 0 Å². The first-order valence-corrected chi connectivity index (χ1v) is 8.59. The van der Waals surface area contributed by atoms with Crippen LogP contribution < -0.4 is 5.32 Å². The zero-order valence-electron chi connectivity index (χ0n) is 12.3. The Hall–Kier alpha value is -0.830. The largest absolute Gasteiger partial charge is 0.316 e. The van der Waals surface area contributed by atoms with Gasteiger partial charge in [-0.25, -0.2) is 0 Å². The Morgan fingerprint density at radius 1 is 1.00 bits per heavy atom. The van der Waals surface area contributed by atoms with E-state index in [0.29, 0.717) is 5.54 Å². The Bertz CT molecular complexity index is 472. The lowest BCUT2D eigenvalue weighted by Gasteiger charge is -2.56. The van der Waals surface area contributed by atoms with Crippen LogP contribution in [0.3, 0.4) is 0 Å². The molecule has 0 atom stereocenters. The molecule has 5 aliphatic rings. The molecule has 4 aliphatic carbocycles. The van der Waals surface area contributed by atoms with Crippen molar-refractivity contribution in [2.75, 3.05) is 13.1 Å². The molecule has 6 rings (SSSR count). The third-order valence-electron chi connectivity index (χ3n) is 6.48. The fraction of sp³-hybridized carbons (Fsp3) is 0.824. The minimum Gasteiger partial charge on any atom is -0.316 e. The molecule has 0 radical (unpaired) electrons. The van der Waals surface area contributed by atoms with Crippen LogP contribution in [0.15, 0.2) is 6.20 Å². The van der Waals surface area contributed by atoms with Gasteiger partial charge >= 0.3 is 0 Å². The van der Waals surface area contributed by atoms with Crippen LogP contribution in [-0.4, -0.2) is 22.9 Å². The van der Waals surface area contributed by atoms with Gasteiger partial charge in [0.25, 0.3) is 0 Å². The molecule has 20 heavy (non-hydrogen) atoms. The van der Waals surface area contributed by atoms with E-state index in [2.05, 4.69) is 16.2 Å². The molecule has 3 heteroatoms. The zero-order valence-corrected chi connectivity index (χ0v) is 12.3. The topological polar surface area (TPSA) is 29.9 Å². The molecule has 0 amide bonds. The lowest BCUT2D eigenvalue weighted by Crippen LogP contribution is -2.52. The molecular weight excluding hydrogens is 246 g/mol. The van der Waals surface area contributed by atoms with Gasteiger partial charge in [0.05, 0.1) is 11.2 Å². The summed E-state index contributed by atoms with van der Waals surface area (Å²) in [5.41, 5.74) is 3.31. The first-order chi connectivity index (χ1) is 9.81. The van der Waals surface area contributed by atoms with E-state index in [9.17, 15) is 0 Å². The molecular formula is C17H25N3. The number of nitrogens with zero attached hydrogens (tertiary/aromatic N) is 2. The fourth-order valence-electron chi connectivity index (χ4n) is 6.01. The second-order valence-electron chi connectivity index (χ2n) is 7.94. The second-order valence-corrected chi connectivity index (χ2v) is 7.94. The average molecular weight is 271 g/mol. The van der Waals surface area contributed by atoms with Gasteiger partial charge in [0.15, 0.2) is 0 Å². The van der Waals surface area contributed by atoms with Crippen molar-refractivity contribution in [3.05, 3.63) is 17.5 Å². The van der Waals surface area contributed by atoms with Crippen molar-refractivity contribution in [3.8, 4) is 0 Å². The summed E-state index contributed by atoms with van der Waals surface area (Å²) >= 11 is 0. The van der Waals surface area contributed by atoms with E-state index < -0.39 is 0 Å². The van der Waals surface area contributed by atoms with Crippen molar-refractivity contribution in [3.63, 3.8) is 0 Å². The molecule has 4 bridgehead atoms. The predicted molar refractivity (Wildman–Crippen MR) is 78.7 cm³/mol. The van der Waals surface area contributed by atoms with Crippen molar-refractivity contribution < 1.29 is 0 Å². The van der Waals surface area contributed by atoms with Crippen LogP contribution in [0.1, 0.15) is 49.8 Å². The molecule has 1 aromatic rings. The quantitative estimate of drug-likeness (QED) is 0.850. The molecule has 1 aromatic heterocycles. The van der Waals surface area contributed by atoms with Gasteiger partial charge < -0.3 is 5.32 Å². The second kappa shape index (κ2) is 4.09. The molecule has 0 saturated heterocycles. The summed E-state index contributed by atoms with van der Waals surface area (Å²) in [6.07, 6.45) is 13.5. The number of hydrogen-bond acceptors (Lipinski definition) is 2. The minimum atomic E-state index is 0.411. The van der Waals surface area contributed by atoms with Crippen LogP contribution in [0.25, 0.3) is 0 Å². The molecule has 4 fully saturated rings. The summed E-state index contributed by atoms with van der Waals surface area (Å²) in [7, 11) is 0. The van der Waals surface area contributed by atoms with Crippen LogP contribution >= 0.6 is 0 Å². The maximum Gasteiger partial charge on any atom is 0.0669 e. The van der Waals surface area contributed by atoms with Gasteiger partial charge in [-0.2, -0.15) is 5.10 Å². The summed E-state index contributed by atoms with van der Waals surface area (Å²) in [5.74, 6) is 3.02. The van der Waals surface area contributed by atoms with Crippen molar-refractivity contribution >= 4 is 0 Å². The van der Waals surface area contributed by atoms with Crippen LogP contribution in [0.4, 0.5) is 0 Å². The lowest BCUT2D eigenvalue weighted by atomic mass is 9.53. The Balaban J connectivity index is 1.53. The highest BCUT2D eigenvalue weighted by Gasteiger charge is 2.52. The van der Waals surface area contributed by atoms with E-state index in [-0.39, 0.29) is 0 Å². The number of nitrogens with one attached hydrogen (secondary N) is 1. The molecule has 4 saturated carbocycles. The van der Waals surface area contributed by atoms with Gasteiger partial charge in [-0.05, 0) is 74.8 Å². The van der Waals surface area contributed by atoms with Gasteiger partial charge in [0.2, 0.25) is 0 Å². The highest BCUT2D eigenvalue weighted by Crippen LogP contribution is 2.58. The first kappa shape index (κ1) is 11.8. The lowest BCUT2D eigenvalue weighted by molar-refractivity contribution is -0.0496. The van der Waals surface area contributed by atoms with Crippen LogP contribution in [0, 0.1) is 17.8 Å². The average Bonchev–Trinajstić information content (AvgIpc) is 2.70. The van der Waals surface area contributed by atoms with Crippen LogP contribution in [0.2, 0.25) is 0 Å². The van der Waals surface area contributed by atoms with Gasteiger partial charge in [0, 0.05) is 19.2 Å². The van der Waals surface area contributed by atoms with Gasteiger partial charge in [-0.3, -0.25) is 4.68 Å². The predicted octanol–water partition coefficient (Wildman–Crippen LogP) is 2.50. The molecule has 0 aromatic carbocycles. The van der Waals surface area contributed by atoms with Crippen molar-refractivity contribution in [1.29, 1.82) is 0 Å². The van der Waals surface area contributed by atoms with Crippen LogP contribution in [-0.2, 0) is 18.4 Å². The Morgan fingerprint density at radius 2 is 1.65 bits per heavy atom. The molecule has 0 unspecified atom stereocenters. The summed E-state index contributed by atoms with van der Waals surface area (Å²) in [5, 5.41) is 8.56. The Labute approximate surface area is 121 Å². The fourth-order valence-corrected chi connectivity index (χ4v) is 6.01. The van der Waals surface area contributed by atoms with Crippen molar-refractivity contribution in [1.82, 2.24) is 15.1 Å². The van der Waals surface area contributed by atoms with Gasteiger partial charge in [-0.15, -0.1) is 0 Å². The highest BCUT2D eigenvalue weighted by molar-refractivity contribution is 5.21. The van der Waals surface area contributed by atoms with Crippen molar-refractivity contribution in [2.45, 2.75) is 56.9 Å². The maximum absolute atomic E-state index is 5.08. The van der Waals surface area contributed by atoms with Gasteiger partial charge in [-0.1, -0.05) is 0 Å². The van der Waals surface area contributed by atoms with E-state index in [4.69, 9.17) is 5.10 Å². The van der Waals surface area contributed by atoms with Gasteiger partial charge in [0.1, 0.15) is 0 Å². The third-order valence-corrected chi connectivity index (χ3v) is 6.48. The Kier molecular flexibility index (Phi) is 2.41. The molecule has 108 valence electrons. The van der Waals surface area contributed by atoms with E-state index in [1.54, 1.807) is 0 Å². The van der Waals surface area contributed by atoms with E-state index in [1.165, 1.54) is 56.2 Å². The maximum atomic E-state index is 5.08. The smallest absolute Gasteiger partial charge is 0.0669 e. The highest BCUT2D eigenvalue weighted by atomic mass is 15.3. The summed E-state index contributed by atoms with van der Waals surface area (Å²) < 4.78 is 2.45. The monoisotopic (exact) mass is 271 g/mol. The van der Waals surface area contributed by atoms with Crippen LogP contribution in [0.5, 0.6) is 0 Å². The SMILES string of the molecule is c1c2c(nn1C13CC4CC(CC(C4)C1)C3)CCNCC2. The Morgan fingerprint density at radius 3 is 2.35 bits per heavy atom. The third kappa shape index (κ3) is 1.65. The number of hydrogen-bond donors (Lipinski definition) is 1. The van der Waals surface area contributed by atoms with E-state index in [0.717, 1.165) is 37.3 Å².